The summed E-state index contributed by atoms with van der Waals surface area (Å²) < 4.78 is 25.7. The summed E-state index contributed by atoms with van der Waals surface area (Å²) in [6.07, 6.45) is 0. The van der Waals surface area contributed by atoms with Crippen LogP contribution in [-0.4, -0.2) is 48.8 Å². The molecule has 1 unspecified atom stereocenters. The Morgan fingerprint density at radius 2 is 2.15 bits per heavy atom. The van der Waals surface area contributed by atoms with Gasteiger partial charge in [-0.1, -0.05) is 6.07 Å². The molecule has 0 fully saturated rings. The highest BCUT2D eigenvalue weighted by molar-refractivity contribution is 7.91. The average molecular weight is 320 g/mol. The Labute approximate surface area is 121 Å². The summed E-state index contributed by atoms with van der Waals surface area (Å²) in [5, 5.41) is 13.1. The maximum Gasteiger partial charge on any atom is 0.321 e. The van der Waals surface area contributed by atoms with Crippen LogP contribution < -0.4 is 5.32 Å². The van der Waals surface area contributed by atoms with Crippen molar-refractivity contribution < 1.29 is 23.1 Å². The molecule has 0 aromatic carbocycles. The Morgan fingerprint density at radius 3 is 2.60 bits per heavy atom. The summed E-state index contributed by atoms with van der Waals surface area (Å²) in [6, 6.07) is 1.78. The van der Waals surface area contributed by atoms with Crippen molar-refractivity contribution in [3.05, 3.63) is 17.5 Å². The third-order valence-corrected chi connectivity index (χ3v) is 5.90. The van der Waals surface area contributed by atoms with Crippen molar-refractivity contribution in [3.63, 3.8) is 0 Å². The third-order valence-electron chi connectivity index (χ3n) is 2.55. The number of aliphatic carboxylic acids is 1. The van der Waals surface area contributed by atoms with Crippen LogP contribution in [0.15, 0.2) is 21.7 Å². The van der Waals surface area contributed by atoms with E-state index in [0.717, 1.165) is 15.6 Å². The molecule has 9 heteroatoms. The van der Waals surface area contributed by atoms with Crippen molar-refractivity contribution in [2.45, 2.75) is 24.1 Å². The highest BCUT2D eigenvalue weighted by Gasteiger charge is 2.33. The van der Waals surface area contributed by atoms with Gasteiger partial charge in [-0.05, 0) is 18.4 Å². The molecule has 1 aromatic rings. The lowest BCUT2D eigenvalue weighted by Crippen LogP contribution is -2.46. The SMILES string of the molecule is CC(=O)NCCN(C(C)C(=O)O)S(=O)(=O)c1cccs1. The second kappa shape index (κ2) is 6.82. The zero-order valence-corrected chi connectivity index (χ0v) is 12.7. The van der Waals surface area contributed by atoms with E-state index < -0.39 is 22.0 Å². The van der Waals surface area contributed by atoms with Gasteiger partial charge in [-0.2, -0.15) is 4.31 Å². The number of rotatable bonds is 7. The Balaban J connectivity index is 2.98. The number of hydrogen-bond donors (Lipinski definition) is 2. The van der Waals surface area contributed by atoms with E-state index in [0.29, 0.717) is 0 Å². The first-order valence-corrected chi connectivity index (χ1v) is 8.11. The Morgan fingerprint density at radius 1 is 1.50 bits per heavy atom. The lowest BCUT2D eigenvalue weighted by molar-refractivity contribution is -0.140. The van der Waals surface area contributed by atoms with E-state index in [2.05, 4.69) is 5.32 Å². The number of carboxylic acids is 1. The summed E-state index contributed by atoms with van der Waals surface area (Å²) in [5.74, 6) is -1.55. The molecular formula is C11H16N2O5S2. The predicted octanol–water partition coefficient (Wildman–Crippen LogP) is 0.348. The van der Waals surface area contributed by atoms with E-state index in [-0.39, 0.29) is 23.2 Å². The fourth-order valence-corrected chi connectivity index (χ4v) is 4.22. The van der Waals surface area contributed by atoms with E-state index in [1.54, 1.807) is 11.4 Å². The number of amides is 1. The summed E-state index contributed by atoms with van der Waals surface area (Å²) in [5.41, 5.74) is 0. The second-order valence-corrected chi connectivity index (χ2v) is 7.11. The van der Waals surface area contributed by atoms with Gasteiger partial charge in [-0.25, -0.2) is 8.42 Å². The molecule has 0 spiro atoms. The minimum atomic E-state index is -3.88. The van der Waals surface area contributed by atoms with Crippen molar-refractivity contribution in [3.8, 4) is 0 Å². The topological polar surface area (TPSA) is 104 Å². The van der Waals surface area contributed by atoms with E-state index in [4.69, 9.17) is 5.11 Å². The highest BCUT2D eigenvalue weighted by atomic mass is 32.2. The minimum Gasteiger partial charge on any atom is -0.480 e. The van der Waals surface area contributed by atoms with Crippen LogP contribution in [0, 0.1) is 0 Å². The molecule has 0 radical (unpaired) electrons. The number of nitrogens with one attached hydrogen (secondary N) is 1. The van der Waals surface area contributed by atoms with Crippen molar-refractivity contribution >= 4 is 33.2 Å². The smallest absolute Gasteiger partial charge is 0.321 e. The van der Waals surface area contributed by atoms with Crippen LogP contribution in [0.2, 0.25) is 0 Å². The standard InChI is InChI=1S/C11H16N2O5S2/c1-8(11(15)16)13(6-5-12-9(2)14)20(17,18)10-4-3-7-19-10/h3-4,7-8H,5-6H2,1-2H3,(H,12,14)(H,15,16). The van der Waals surface area contributed by atoms with Gasteiger partial charge >= 0.3 is 5.97 Å². The van der Waals surface area contributed by atoms with Crippen LogP contribution in [0.5, 0.6) is 0 Å². The van der Waals surface area contributed by atoms with Gasteiger partial charge in [0.15, 0.2) is 0 Å². The van der Waals surface area contributed by atoms with Gasteiger partial charge in [-0.15, -0.1) is 11.3 Å². The van der Waals surface area contributed by atoms with Crippen molar-refractivity contribution in [2.24, 2.45) is 0 Å². The van der Waals surface area contributed by atoms with Crippen LogP contribution in [0.25, 0.3) is 0 Å². The molecule has 1 rings (SSSR count). The summed E-state index contributed by atoms with van der Waals surface area (Å²) in [6.45, 7) is 2.55. The van der Waals surface area contributed by atoms with E-state index in [1.807, 2.05) is 0 Å². The number of carbonyl (C=O) groups excluding carboxylic acids is 1. The zero-order chi connectivity index (χ0) is 15.3. The predicted molar refractivity (Wildman–Crippen MR) is 74.0 cm³/mol. The fourth-order valence-electron chi connectivity index (χ4n) is 1.51. The highest BCUT2D eigenvalue weighted by Crippen LogP contribution is 2.22. The molecule has 0 saturated heterocycles. The van der Waals surface area contributed by atoms with Crippen LogP contribution in [0.3, 0.4) is 0 Å². The normalized spacial score (nSPS) is 13.2. The molecule has 112 valence electrons. The molecule has 0 aliphatic heterocycles. The number of carbonyl (C=O) groups is 2. The molecule has 2 N–H and O–H groups in total. The first-order valence-electron chi connectivity index (χ1n) is 5.79. The summed E-state index contributed by atoms with van der Waals surface area (Å²) in [4.78, 5) is 21.9. The number of thiophene rings is 1. The lowest BCUT2D eigenvalue weighted by Gasteiger charge is -2.25. The lowest BCUT2D eigenvalue weighted by atomic mass is 10.3. The number of hydrogen-bond acceptors (Lipinski definition) is 5. The quantitative estimate of drug-likeness (QED) is 0.754. The Bertz CT molecular complexity index is 568. The molecule has 1 amide bonds. The summed E-state index contributed by atoms with van der Waals surface area (Å²) >= 11 is 1.02. The van der Waals surface area contributed by atoms with Crippen LogP contribution >= 0.6 is 11.3 Å². The molecular weight excluding hydrogens is 304 g/mol. The minimum absolute atomic E-state index is 0.0531. The molecule has 0 saturated carbocycles. The Hall–Kier alpha value is -1.45. The van der Waals surface area contributed by atoms with Gasteiger partial charge < -0.3 is 10.4 Å². The van der Waals surface area contributed by atoms with Gasteiger partial charge in [0, 0.05) is 20.0 Å². The number of sulfonamides is 1. The van der Waals surface area contributed by atoms with Gasteiger partial charge in [0.05, 0.1) is 0 Å². The molecule has 1 aromatic heterocycles. The molecule has 0 aliphatic rings. The fraction of sp³-hybridized carbons (Fsp3) is 0.455. The molecule has 0 bridgehead atoms. The van der Waals surface area contributed by atoms with Gasteiger partial charge in [0.2, 0.25) is 5.91 Å². The maximum atomic E-state index is 12.4. The van der Waals surface area contributed by atoms with Crippen LogP contribution in [0.1, 0.15) is 13.8 Å². The molecule has 7 nitrogen and oxygen atoms in total. The molecule has 0 aliphatic carbocycles. The van der Waals surface area contributed by atoms with E-state index >= 15 is 0 Å². The van der Waals surface area contributed by atoms with Gasteiger partial charge in [0.1, 0.15) is 10.3 Å². The summed E-state index contributed by atoms with van der Waals surface area (Å²) in [7, 11) is -3.88. The van der Waals surface area contributed by atoms with E-state index in [9.17, 15) is 18.0 Å². The molecule has 1 atom stereocenters. The zero-order valence-electron chi connectivity index (χ0n) is 11.1. The van der Waals surface area contributed by atoms with Crippen molar-refractivity contribution in [1.29, 1.82) is 0 Å². The van der Waals surface area contributed by atoms with Gasteiger partial charge in [-0.3, -0.25) is 9.59 Å². The first-order chi connectivity index (χ1) is 9.26. The monoisotopic (exact) mass is 320 g/mol. The number of carboxylic acid groups (broad SMARTS) is 1. The average Bonchev–Trinajstić information content (AvgIpc) is 2.87. The second-order valence-electron chi connectivity index (χ2n) is 4.05. The largest absolute Gasteiger partial charge is 0.480 e. The Kier molecular flexibility index (Phi) is 5.66. The van der Waals surface area contributed by atoms with Crippen LogP contribution in [0.4, 0.5) is 0 Å². The van der Waals surface area contributed by atoms with Gasteiger partial charge in [0.25, 0.3) is 10.0 Å². The van der Waals surface area contributed by atoms with Crippen molar-refractivity contribution in [2.75, 3.05) is 13.1 Å². The first kappa shape index (κ1) is 16.6. The molecule has 1 heterocycles. The molecule has 20 heavy (non-hydrogen) atoms. The number of nitrogens with zero attached hydrogens (tertiary/aromatic N) is 1. The van der Waals surface area contributed by atoms with Crippen molar-refractivity contribution in [1.82, 2.24) is 9.62 Å². The van der Waals surface area contributed by atoms with E-state index in [1.165, 1.54) is 19.9 Å². The maximum absolute atomic E-state index is 12.4. The van der Waals surface area contributed by atoms with Crippen LogP contribution in [-0.2, 0) is 19.6 Å². The third kappa shape index (κ3) is 4.02.